The Kier molecular flexibility index (Phi) is 5.68. The van der Waals surface area contributed by atoms with Crippen LogP contribution < -0.4 is 9.64 Å². The summed E-state index contributed by atoms with van der Waals surface area (Å²) in [5, 5.41) is 0.0966. The molecule has 28 heavy (non-hydrogen) atoms. The maximum Gasteiger partial charge on any atom is 0.573 e. The lowest BCUT2D eigenvalue weighted by Crippen LogP contribution is -2.37. The predicted molar refractivity (Wildman–Crippen MR) is 101 cm³/mol. The molecule has 0 unspecified atom stereocenters. The van der Waals surface area contributed by atoms with E-state index in [-0.39, 0.29) is 34.3 Å². The van der Waals surface area contributed by atoms with E-state index in [1.165, 1.54) is 23.9 Å². The molecule has 0 radical (unpaired) electrons. The van der Waals surface area contributed by atoms with Crippen LogP contribution in [0.1, 0.15) is 20.3 Å². The summed E-state index contributed by atoms with van der Waals surface area (Å²) < 4.78 is 65.0. The summed E-state index contributed by atoms with van der Waals surface area (Å²) in [5.74, 6) is -1.09. The number of alkyl halides is 3. The van der Waals surface area contributed by atoms with Crippen molar-refractivity contribution in [3.63, 3.8) is 0 Å². The first-order valence-electron chi connectivity index (χ1n) is 8.64. The monoisotopic (exact) mass is 436 g/mol. The zero-order valence-corrected chi connectivity index (χ0v) is 16.8. The van der Waals surface area contributed by atoms with Crippen LogP contribution in [0.3, 0.4) is 0 Å². The van der Waals surface area contributed by atoms with Crippen LogP contribution in [0.4, 0.5) is 18.9 Å². The second-order valence-corrected chi connectivity index (χ2v) is 10.1. The number of amides is 1. The van der Waals surface area contributed by atoms with Gasteiger partial charge in [-0.1, -0.05) is 25.6 Å². The van der Waals surface area contributed by atoms with Crippen molar-refractivity contribution in [2.75, 3.05) is 16.4 Å². The Hall–Kier alpha value is -1.75. The molecular weight excluding hydrogens is 417 g/mol. The van der Waals surface area contributed by atoms with Gasteiger partial charge < -0.3 is 9.64 Å². The quantitative estimate of drug-likeness (QED) is 0.721. The number of halogens is 3. The van der Waals surface area contributed by atoms with Crippen molar-refractivity contribution in [3.05, 3.63) is 24.3 Å². The molecular formula is C17H19F3N2O4S2. The first-order valence-corrected chi connectivity index (χ1v) is 11.3. The molecule has 0 bridgehead atoms. The van der Waals surface area contributed by atoms with E-state index in [1.807, 2.05) is 6.92 Å². The molecule has 154 valence electrons. The lowest BCUT2D eigenvalue weighted by molar-refractivity contribution is -0.274. The third-order valence-electron chi connectivity index (χ3n) is 4.65. The topological polar surface area (TPSA) is 76.0 Å². The number of rotatable bonds is 4. The number of nitrogens with zero attached hydrogens (tertiary/aromatic N) is 2. The van der Waals surface area contributed by atoms with Gasteiger partial charge in [0.25, 0.3) is 5.91 Å². The van der Waals surface area contributed by atoms with Crippen molar-refractivity contribution in [2.24, 2.45) is 10.9 Å². The Morgan fingerprint density at radius 3 is 2.54 bits per heavy atom. The molecule has 6 nitrogen and oxygen atoms in total. The highest BCUT2D eigenvalue weighted by molar-refractivity contribution is 8.16. The Bertz CT molecular complexity index is 885. The summed E-state index contributed by atoms with van der Waals surface area (Å²) in [5.41, 5.74) is 0.460. The SMILES string of the molecule is CC[C@H](C)C(=O)N=C1S[C@H]2CS(=O)(=O)C[C@H]2N1c1ccc(OC(F)(F)F)cc1. The molecule has 1 aromatic rings. The number of amidine groups is 1. The number of anilines is 1. The van der Waals surface area contributed by atoms with Crippen molar-refractivity contribution < 1.29 is 31.1 Å². The lowest BCUT2D eigenvalue weighted by Gasteiger charge is -2.25. The van der Waals surface area contributed by atoms with E-state index in [0.717, 1.165) is 12.1 Å². The Balaban J connectivity index is 1.93. The summed E-state index contributed by atoms with van der Waals surface area (Å²) >= 11 is 1.22. The van der Waals surface area contributed by atoms with Gasteiger partial charge in [-0.15, -0.1) is 13.2 Å². The molecule has 11 heteroatoms. The van der Waals surface area contributed by atoms with Crippen LogP contribution in [-0.2, 0) is 14.6 Å². The van der Waals surface area contributed by atoms with Gasteiger partial charge in [-0.25, -0.2) is 8.42 Å². The third kappa shape index (κ3) is 4.62. The van der Waals surface area contributed by atoms with Crippen LogP contribution in [0.15, 0.2) is 29.3 Å². The minimum absolute atomic E-state index is 0.0232. The van der Waals surface area contributed by atoms with Gasteiger partial charge in [0.15, 0.2) is 15.0 Å². The van der Waals surface area contributed by atoms with E-state index >= 15 is 0 Å². The van der Waals surface area contributed by atoms with Gasteiger partial charge in [0.1, 0.15) is 5.75 Å². The number of hydrogen-bond acceptors (Lipinski definition) is 5. The molecule has 2 aliphatic rings. The molecule has 1 amide bonds. The Labute approximate surface area is 165 Å². The Morgan fingerprint density at radius 2 is 1.96 bits per heavy atom. The second kappa shape index (κ2) is 7.58. The van der Waals surface area contributed by atoms with E-state index in [1.54, 1.807) is 11.8 Å². The van der Waals surface area contributed by atoms with E-state index < -0.39 is 22.2 Å². The molecule has 2 aliphatic heterocycles. The number of carbonyl (C=O) groups is 1. The van der Waals surface area contributed by atoms with Gasteiger partial charge in [0.2, 0.25) is 0 Å². The second-order valence-electron chi connectivity index (χ2n) is 6.75. The number of ether oxygens (including phenoxy) is 1. The number of carbonyl (C=O) groups excluding carboxylic acids is 1. The predicted octanol–water partition coefficient (Wildman–Crippen LogP) is 3.23. The fraction of sp³-hybridized carbons (Fsp3) is 0.529. The fourth-order valence-electron chi connectivity index (χ4n) is 3.05. The van der Waals surface area contributed by atoms with Gasteiger partial charge >= 0.3 is 6.36 Å². The van der Waals surface area contributed by atoms with E-state index in [9.17, 15) is 26.4 Å². The fourth-order valence-corrected chi connectivity index (χ4v) is 6.97. The van der Waals surface area contributed by atoms with Crippen molar-refractivity contribution in [2.45, 2.75) is 37.9 Å². The van der Waals surface area contributed by atoms with Crippen LogP contribution in [-0.4, -0.2) is 48.7 Å². The van der Waals surface area contributed by atoms with Gasteiger partial charge in [-0.2, -0.15) is 4.99 Å². The maximum atomic E-state index is 12.4. The molecule has 0 aliphatic carbocycles. The highest BCUT2D eigenvalue weighted by Crippen LogP contribution is 2.41. The van der Waals surface area contributed by atoms with Crippen LogP contribution in [0.5, 0.6) is 5.75 Å². The normalized spacial score (nSPS) is 26.3. The number of thioether (sulfide) groups is 1. The maximum absolute atomic E-state index is 12.4. The van der Waals surface area contributed by atoms with Crippen molar-refractivity contribution in [1.82, 2.24) is 0 Å². The molecule has 1 aromatic carbocycles. The highest BCUT2D eigenvalue weighted by atomic mass is 32.2. The summed E-state index contributed by atoms with van der Waals surface area (Å²) in [6.07, 6.45) is -4.18. The van der Waals surface area contributed by atoms with Gasteiger partial charge in [0, 0.05) is 16.9 Å². The van der Waals surface area contributed by atoms with Gasteiger partial charge in [-0.3, -0.25) is 4.79 Å². The van der Waals surface area contributed by atoms with Crippen molar-refractivity contribution in [3.8, 4) is 5.75 Å². The van der Waals surface area contributed by atoms with Gasteiger partial charge in [-0.05, 0) is 30.7 Å². The third-order valence-corrected chi connectivity index (χ3v) is 7.86. The zero-order valence-electron chi connectivity index (χ0n) is 15.1. The average Bonchev–Trinajstić information content (AvgIpc) is 3.04. The van der Waals surface area contributed by atoms with Crippen molar-refractivity contribution >= 4 is 38.4 Å². The molecule has 2 heterocycles. The molecule has 0 saturated carbocycles. The van der Waals surface area contributed by atoms with E-state index in [2.05, 4.69) is 9.73 Å². The van der Waals surface area contributed by atoms with Crippen molar-refractivity contribution in [1.29, 1.82) is 0 Å². The summed E-state index contributed by atoms with van der Waals surface area (Å²) in [6, 6.07) is 4.68. The standard InChI is InChI=1S/C17H19F3N2O4S2/c1-3-10(2)15(23)21-16-22(13-8-28(24,25)9-14(13)27-16)11-4-6-12(7-5-11)26-17(18,19)20/h4-7,10,13-14H,3,8-9H2,1-2H3/t10-,13+,14-/m0/s1. The molecule has 3 rings (SSSR count). The number of aliphatic imine (C=N–C) groups is 1. The Morgan fingerprint density at radius 1 is 1.32 bits per heavy atom. The first kappa shape index (κ1) is 21.0. The summed E-state index contributed by atoms with van der Waals surface area (Å²) in [6.45, 7) is 3.62. The molecule has 2 fully saturated rings. The van der Waals surface area contributed by atoms with Crippen LogP contribution in [0.2, 0.25) is 0 Å². The number of hydrogen-bond donors (Lipinski definition) is 0. The zero-order chi connectivity index (χ0) is 20.7. The van der Waals surface area contributed by atoms with Crippen LogP contribution in [0, 0.1) is 5.92 Å². The molecule has 2 saturated heterocycles. The summed E-state index contributed by atoms with van der Waals surface area (Å²) in [4.78, 5) is 18.1. The first-order chi connectivity index (χ1) is 13.0. The summed E-state index contributed by atoms with van der Waals surface area (Å²) in [7, 11) is -3.23. The lowest BCUT2D eigenvalue weighted by atomic mass is 10.1. The van der Waals surface area contributed by atoms with E-state index in [4.69, 9.17) is 0 Å². The van der Waals surface area contributed by atoms with Crippen LogP contribution in [0.25, 0.3) is 0 Å². The smallest absolute Gasteiger partial charge is 0.406 e. The minimum Gasteiger partial charge on any atom is -0.406 e. The van der Waals surface area contributed by atoms with E-state index in [0.29, 0.717) is 17.3 Å². The largest absolute Gasteiger partial charge is 0.573 e. The molecule has 0 N–H and O–H groups in total. The number of fused-ring (bicyclic) bond motifs is 1. The molecule has 0 spiro atoms. The number of sulfone groups is 1. The molecule has 0 aromatic heterocycles. The highest BCUT2D eigenvalue weighted by Gasteiger charge is 2.49. The number of benzene rings is 1. The molecule has 3 atom stereocenters. The van der Waals surface area contributed by atoms with Gasteiger partial charge in [0.05, 0.1) is 17.5 Å². The average molecular weight is 436 g/mol. The minimum atomic E-state index is -4.80. The van der Waals surface area contributed by atoms with Crippen LogP contribution >= 0.6 is 11.8 Å².